The molecule has 17 heavy (non-hydrogen) atoms. The van der Waals surface area contributed by atoms with Gasteiger partial charge in [-0.3, -0.25) is 0 Å². The van der Waals surface area contributed by atoms with Crippen LogP contribution in [0.4, 0.5) is 5.69 Å². The molecule has 94 valence electrons. The van der Waals surface area contributed by atoms with Gasteiger partial charge in [0.25, 0.3) is 0 Å². The van der Waals surface area contributed by atoms with Crippen molar-refractivity contribution in [3.8, 4) is 17.2 Å². The first-order valence-corrected chi connectivity index (χ1v) is 5.41. The van der Waals surface area contributed by atoms with Gasteiger partial charge in [0.15, 0.2) is 11.5 Å². The van der Waals surface area contributed by atoms with Gasteiger partial charge in [0.1, 0.15) is 0 Å². The van der Waals surface area contributed by atoms with Crippen molar-refractivity contribution >= 4 is 5.69 Å². The number of hydrogen-bond acceptors (Lipinski definition) is 4. The fourth-order valence-corrected chi connectivity index (χ4v) is 1.50. The first kappa shape index (κ1) is 13.2. The molecule has 1 N–H and O–H groups in total. The molecule has 1 aromatic rings. The highest BCUT2D eigenvalue weighted by atomic mass is 16.5. The van der Waals surface area contributed by atoms with Crippen molar-refractivity contribution in [2.24, 2.45) is 0 Å². The van der Waals surface area contributed by atoms with Crippen LogP contribution in [0.3, 0.4) is 0 Å². The van der Waals surface area contributed by atoms with Crippen molar-refractivity contribution in [2.45, 2.75) is 6.42 Å². The largest absolute Gasteiger partial charge is 0.493 e. The fourth-order valence-electron chi connectivity index (χ4n) is 1.50. The highest BCUT2D eigenvalue weighted by Gasteiger charge is 2.12. The van der Waals surface area contributed by atoms with Crippen molar-refractivity contribution in [3.63, 3.8) is 0 Å². The normalized spacial score (nSPS) is 9.59. The monoisotopic (exact) mass is 237 g/mol. The van der Waals surface area contributed by atoms with Crippen LogP contribution in [-0.4, -0.2) is 27.9 Å². The number of hydrogen-bond donors (Lipinski definition) is 1. The molecular formula is C13H19NO3. The highest BCUT2D eigenvalue weighted by Crippen LogP contribution is 2.39. The Morgan fingerprint density at radius 1 is 1.12 bits per heavy atom. The average molecular weight is 237 g/mol. The maximum absolute atomic E-state index is 5.26. The van der Waals surface area contributed by atoms with Crippen molar-refractivity contribution in [2.75, 3.05) is 33.2 Å². The van der Waals surface area contributed by atoms with Crippen LogP contribution in [0.1, 0.15) is 6.42 Å². The minimum absolute atomic E-state index is 0.601. The number of anilines is 1. The molecule has 0 spiro atoms. The predicted octanol–water partition coefficient (Wildman–Crippen LogP) is 2.70. The van der Waals surface area contributed by atoms with Crippen molar-refractivity contribution in [3.05, 3.63) is 24.8 Å². The van der Waals surface area contributed by atoms with Gasteiger partial charge in [-0.25, -0.2) is 0 Å². The molecule has 0 aliphatic carbocycles. The highest BCUT2D eigenvalue weighted by molar-refractivity contribution is 5.62. The lowest BCUT2D eigenvalue weighted by Crippen LogP contribution is -2.02. The van der Waals surface area contributed by atoms with E-state index in [-0.39, 0.29) is 0 Å². The molecule has 0 aliphatic rings. The van der Waals surface area contributed by atoms with Gasteiger partial charge < -0.3 is 19.5 Å². The molecule has 0 aliphatic heterocycles. The SMILES string of the molecule is C=CCCNc1cc(OC)c(OC)c(OC)c1. The molecule has 0 aromatic heterocycles. The summed E-state index contributed by atoms with van der Waals surface area (Å²) in [7, 11) is 4.79. The minimum Gasteiger partial charge on any atom is -0.493 e. The lowest BCUT2D eigenvalue weighted by molar-refractivity contribution is 0.324. The molecule has 1 rings (SSSR count). The first-order chi connectivity index (χ1) is 8.26. The summed E-state index contributed by atoms with van der Waals surface area (Å²) in [5, 5.41) is 3.26. The maximum Gasteiger partial charge on any atom is 0.203 e. The lowest BCUT2D eigenvalue weighted by Gasteiger charge is -2.14. The smallest absolute Gasteiger partial charge is 0.203 e. The fraction of sp³-hybridized carbons (Fsp3) is 0.385. The van der Waals surface area contributed by atoms with E-state index >= 15 is 0 Å². The summed E-state index contributed by atoms with van der Waals surface area (Å²) in [5.74, 6) is 1.89. The molecule has 0 unspecified atom stereocenters. The predicted molar refractivity (Wildman–Crippen MR) is 69.4 cm³/mol. The minimum atomic E-state index is 0.601. The van der Waals surface area contributed by atoms with Gasteiger partial charge in [-0.2, -0.15) is 0 Å². The van der Waals surface area contributed by atoms with Crippen LogP contribution in [-0.2, 0) is 0 Å². The van der Waals surface area contributed by atoms with Gasteiger partial charge in [-0.05, 0) is 6.42 Å². The molecular weight excluding hydrogens is 218 g/mol. The molecule has 0 amide bonds. The van der Waals surface area contributed by atoms with Gasteiger partial charge >= 0.3 is 0 Å². The molecule has 0 fully saturated rings. The zero-order chi connectivity index (χ0) is 12.7. The van der Waals surface area contributed by atoms with Crippen LogP contribution in [0.15, 0.2) is 24.8 Å². The standard InChI is InChI=1S/C13H19NO3/c1-5-6-7-14-10-8-11(15-2)13(17-4)12(9-10)16-3/h5,8-9,14H,1,6-7H2,2-4H3. The molecule has 0 radical (unpaired) electrons. The third kappa shape index (κ3) is 3.31. The van der Waals surface area contributed by atoms with Crippen LogP contribution in [0.25, 0.3) is 0 Å². The Kier molecular flexibility index (Phi) is 5.20. The number of benzene rings is 1. The Hall–Kier alpha value is -1.84. The third-order valence-electron chi connectivity index (χ3n) is 2.34. The van der Waals surface area contributed by atoms with Crippen molar-refractivity contribution < 1.29 is 14.2 Å². The number of nitrogens with one attached hydrogen (secondary N) is 1. The van der Waals surface area contributed by atoms with E-state index in [0.29, 0.717) is 17.2 Å². The average Bonchev–Trinajstić information content (AvgIpc) is 2.37. The molecule has 0 heterocycles. The van der Waals surface area contributed by atoms with Crippen molar-refractivity contribution in [1.82, 2.24) is 0 Å². The van der Waals surface area contributed by atoms with Gasteiger partial charge in [-0.15, -0.1) is 6.58 Å². The molecule has 4 nitrogen and oxygen atoms in total. The van der Waals surface area contributed by atoms with E-state index in [2.05, 4.69) is 11.9 Å². The van der Waals surface area contributed by atoms with E-state index in [1.165, 1.54) is 0 Å². The topological polar surface area (TPSA) is 39.7 Å². The zero-order valence-electron chi connectivity index (χ0n) is 10.6. The summed E-state index contributed by atoms with van der Waals surface area (Å²) in [6.45, 7) is 4.50. The Bertz CT molecular complexity index is 352. The van der Waals surface area contributed by atoms with E-state index in [0.717, 1.165) is 18.7 Å². The summed E-state index contributed by atoms with van der Waals surface area (Å²) < 4.78 is 15.8. The second-order valence-electron chi connectivity index (χ2n) is 3.42. The van der Waals surface area contributed by atoms with E-state index in [1.807, 2.05) is 18.2 Å². The first-order valence-electron chi connectivity index (χ1n) is 5.41. The summed E-state index contributed by atoms with van der Waals surface area (Å²) in [6, 6.07) is 3.76. The van der Waals surface area contributed by atoms with E-state index in [4.69, 9.17) is 14.2 Å². The van der Waals surface area contributed by atoms with Crippen LogP contribution in [0.2, 0.25) is 0 Å². The maximum atomic E-state index is 5.26. The van der Waals surface area contributed by atoms with Crippen molar-refractivity contribution in [1.29, 1.82) is 0 Å². The second-order valence-corrected chi connectivity index (χ2v) is 3.42. The molecule has 4 heteroatoms. The zero-order valence-corrected chi connectivity index (χ0v) is 10.6. The van der Waals surface area contributed by atoms with Crippen LogP contribution >= 0.6 is 0 Å². The van der Waals surface area contributed by atoms with Crippen LogP contribution < -0.4 is 19.5 Å². The van der Waals surface area contributed by atoms with Crippen LogP contribution in [0, 0.1) is 0 Å². The van der Waals surface area contributed by atoms with Gasteiger partial charge in [0, 0.05) is 24.4 Å². The van der Waals surface area contributed by atoms with Gasteiger partial charge in [0.05, 0.1) is 21.3 Å². The summed E-state index contributed by atoms with van der Waals surface area (Å²) in [5.41, 5.74) is 0.932. The Labute approximate surface area is 102 Å². The van der Waals surface area contributed by atoms with E-state index in [1.54, 1.807) is 21.3 Å². The number of ether oxygens (including phenoxy) is 3. The van der Waals surface area contributed by atoms with Gasteiger partial charge in [-0.1, -0.05) is 6.08 Å². The molecule has 0 saturated carbocycles. The number of rotatable bonds is 7. The van der Waals surface area contributed by atoms with E-state index in [9.17, 15) is 0 Å². The van der Waals surface area contributed by atoms with Gasteiger partial charge in [0.2, 0.25) is 5.75 Å². The summed E-state index contributed by atoms with van der Waals surface area (Å²) in [4.78, 5) is 0. The van der Waals surface area contributed by atoms with Crippen LogP contribution in [0.5, 0.6) is 17.2 Å². The Morgan fingerprint density at radius 2 is 1.71 bits per heavy atom. The molecule has 1 aromatic carbocycles. The summed E-state index contributed by atoms with van der Waals surface area (Å²) >= 11 is 0. The second kappa shape index (κ2) is 6.68. The molecule has 0 saturated heterocycles. The summed E-state index contributed by atoms with van der Waals surface area (Å²) in [6.07, 6.45) is 2.77. The van der Waals surface area contributed by atoms with E-state index < -0.39 is 0 Å². The lowest BCUT2D eigenvalue weighted by atomic mass is 10.2. The Morgan fingerprint density at radius 3 is 2.12 bits per heavy atom. The third-order valence-corrected chi connectivity index (χ3v) is 2.34. The number of methoxy groups -OCH3 is 3. The quantitative estimate of drug-likeness (QED) is 0.584. The Balaban J connectivity index is 2.96. The molecule has 0 bridgehead atoms. The molecule has 0 atom stereocenters.